The summed E-state index contributed by atoms with van der Waals surface area (Å²) in [5, 5.41) is 3.56. The molecule has 0 aliphatic carbocycles. The lowest BCUT2D eigenvalue weighted by Crippen LogP contribution is -2.41. The van der Waals surface area contributed by atoms with Crippen LogP contribution in [-0.2, 0) is 16.8 Å². The minimum Gasteiger partial charge on any atom is -0.360 e. The van der Waals surface area contributed by atoms with E-state index in [2.05, 4.69) is 17.2 Å². The summed E-state index contributed by atoms with van der Waals surface area (Å²) in [5.41, 5.74) is 3.09. The van der Waals surface area contributed by atoms with E-state index < -0.39 is 17.5 Å². The standard InChI is InChI=1S/C23H23N3O3/c1-4-15-6-5-7-17-18(12-24-20(15)17)19(27)13-26-21(28)23(3,25-22(26)29)16-10-8-14(2)9-11-16/h5-12,24H,4,13H2,1-3H3,(H,25,29)/t23-/m0/s1. The van der Waals surface area contributed by atoms with E-state index in [0.29, 0.717) is 11.1 Å². The Balaban J connectivity index is 1.61. The number of H-pyrrole nitrogens is 1. The van der Waals surface area contributed by atoms with Crippen LogP contribution in [0.3, 0.4) is 0 Å². The smallest absolute Gasteiger partial charge is 0.325 e. The van der Waals surface area contributed by atoms with Gasteiger partial charge in [-0.2, -0.15) is 0 Å². The molecule has 2 heterocycles. The van der Waals surface area contributed by atoms with Crippen molar-refractivity contribution in [3.8, 4) is 0 Å². The number of nitrogens with zero attached hydrogens (tertiary/aromatic N) is 1. The number of rotatable bonds is 5. The normalized spacial score (nSPS) is 19.1. The Bertz CT molecular complexity index is 1130. The van der Waals surface area contributed by atoms with Crippen LogP contribution in [0.4, 0.5) is 4.79 Å². The number of ketones is 1. The summed E-state index contributed by atoms with van der Waals surface area (Å²) in [4.78, 5) is 42.7. The first-order chi connectivity index (χ1) is 13.8. The van der Waals surface area contributed by atoms with Gasteiger partial charge in [-0.3, -0.25) is 14.5 Å². The number of carbonyl (C=O) groups excluding carboxylic acids is 3. The lowest BCUT2D eigenvalue weighted by Gasteiger charge is -2.22. The van der Waals surface area contributed by atoms with Crippen LogP contribution in [0.5, 0.6) is 0 Å². The molecule has 2 N–H and O–H groups in total. The van der Waals surface area contributed by atoms with Gasteiger partial charge < -0.3 is 10.3 Å². The molecule has 1 fully saturated rings. The molecule has 1 aliphatic heterocycles. The predicted octanol–water partition coefficient (Wildman–Crippen LogP) is 3.69. The molecule has 1 aromatic heterocycles. The van der Waals surface area contributed by atoms with Crippen molar-refractivity contribution >= 4 is 28.6 Å². The molecule has 3 amide bonds. The Morgan fingerprint density at radius 1 is 1.10 bits per heavy atom. The number of Topliss-reactive ketones (excluding diaryl/α,β-unsaturated/α-hetero) is 1. The fourth-order valence-electron chi connectivity index (χ4n) is 3.89. The minimum atomic E-state index is -1.18. The highest BCUT2D eigenvalue weighted by atomic mass is 16.2. The quantitative estimate of drug-likeness (QED) is 0.516. The maximum Gasteiger partial charge on any atom is 0.325 e. The first-order valence-corrected chi connectivity index (χ1v) is 9.68. The van der Waals surface area contributed by atoms with Crippen molar-refractivity contribution in [2.45, 2.75) is 32.7 Å². The summed E-state index contributed by atoms with van der Waals surface area (Å²) in [5.74, 6) is -0.699. The van der Waals surface area contributed by atoms with E-state index in [0.717, 1.165) is 33.4 Å². The van der Waals surface area contributed by atoms with Crippen molar-refractivity contribution in [1.29, 1.82) is 0 Å². The van der Waals surface area contributed by atoms with Gasteiger partial charge in [-0.05, 0) is 31.4 Å². The maximum atomic E-state index is 13.1. The van der Waals surface area contributed by atoms with Gasteiger partial charge in [0.2, 0.25) is 0 Å². The van der Waals surface area contributed by atoms with Gasteiger partial charge in [-0.15, -0.1) is 0 Å². The van der Waals surface area contributed by atoms with Crippen LogP contribution in [0, 0.1) is 6.92 Å². The average Bonchev–Trinajstić information content (AvgIpc) is 3.23. The number of amides is 3. The van der Waals surface area contributed by atoms with Gasteiger partial charge >= 0.3 is 6.03 Å². The molecular formula is C23H23N3O3. The molecule has 1 saturated heterocycles. The molecule has 0 saturated carbocycles. The Morgan fingerprint density at radius 2 is 1.83 bits per heavy atom. The van der Waals surface area contributed by atoms with Gasteiger partial charge in [-0.25, -0.2) is 4.79 Å². The van der Waals surface area contributed by atoms with Gasteiger partial charge in [0.05, 0.1) is 6.54 Å². The number of fused-ring (bicyclic) bond motifs is 1. The van der Waals surface area contributed by atoms with Gasteiger partial charge in [0.25, 0.3) is 5.91 Å². The lowest BCUT2D eigenvalue weighted by atomic mass is 9.91. The second kappa shape index (κ2) is 6.88. The topological polar surface area (TPSA) is 82.3 Å². The summed E-state index contributed by atoms with van der Waals surface area (Å²) >= 11 is 0. The molecule has 1 atom stereocenters. The molecule has 0 spiro atoms. The zero-order valence-electron chi connectivity index (χ0n) is 16.7. The number of aromatic amines is 1. The number of aromatic nitrogens is 1. The van der Waals surface area contributed by atoms with E-state index in [4.69, 9.17) is 0 Å². The van der Waals surface area contributed by atoms with E-state index in [-0.39, 0.29) is 12.3 Å². The lowest BCUT2D eigenvalue weighted by molar-refractivity contribution is -0.130. The van der Waals surface area contributed by atoms with Crippen LogP contribution in [0.1, 0.15) is 40.9 Å². The van der Waals surface area contributed by atoms with Crippen LogP contribution in [0.2, 0.25) is 0 Å². The number of hydrogen-bond donors (Lipinski definition) is 2. The van der Waals surface area contributed by atoms with Crippen LogP contribution < -0.4 is 5.32 Å². The highest BCUT2D eigenvalue weighted by Gasteiger charge is 2.49. The van der Waals surface area contributed by atoms with E-state index in [1.807, 2.05) is 49.4 Å². The minimum absolute atomic E-state index is 0.277. The largest absolute Gasteiger partial charge is 0.360 e. The Morgan fingerprint density at radius 3 is 2.52 bits per heavy atom. The number of hydrogen-bond acceptors (Lipinski definition) is 3. The van der Waals surface area contributed by atoms with Crippen LogP contribution in [0.25, 0.3) is 10.9 Å². The first kappa shape index (κ1) is 18.9. The van der Waals surface area contributed by atoms with Crippen LogP contribution in [0.15, 0.2) is 48.7 Å². The summed E-state index contributed by atoms with van der Waals surface area (Å²) in [6.07, 6.45) is 2.50. The number of aryl methyl sites for hydroxylation is 2. The van der Waals surface area contributed by atoms with E-state index in [9.17, 15) is 14.4 Å². The zero-order valence-corrected chi connectivity index (χ0v) is 16.7. The third-order valence-electron chi connectivity index (χ3n) is 5.69. The van der Waals surface area contributed by atoms with Crippen molar-refractivity contribution in [2.75, 3.05) is 6.54 Å². The molecule has 0 radical (unpaired) electrons. The van der Waals surface area contributed by atoms with Crippen molar-refractivity contribution in [1.82, 2.24) is 15.2 Å². The summed E-state index contributed by atoms with van der Waals surface area (Å²) in [6.45, 7) is 5.38. The summed E-state index contributed by atoms with van der Waals surface area (Å²) < 4.78 is 0. The SMILES string of the molecule is CCc1cccc2c(C(=O)CN3C(=O)N[C@@](C)(c4ccc(C)cc4)C3=O)c[nH]c12. The number of nitrogens with one attached hydrogen (secondary N) is 2. The summed E-state index contributed by atoms with van der Waals surface area (Å²) in [6, 6.07) is 12.7. The van der Waals surface area contributed by atoms with E-state index in [1.54, 1.807) is 13.1 Å². The Kier molecular flexibility index (Phi) is 4.49. The van der Waals surface area contributed by atoms with Crippen LogP contribution in [-0.4, -0.2) is 34.2 Å². The molecule has 3 aromatic rings. The summed E-state index contributed by atoms with van der Waals surface area (Å²) in [7, 11) is 0. The number of carbonyl (C=O) groups is 3. The maximum absolute atomic E-state index is 13.1. The molecule has 1 aliphatic rings. The van der Waals surface area contributed by atoms with Gasteiger partial charge in [0, 0.05) is 22.7 Å². The highest BCUT2D eigenvalue weighted by molar-refractivity contribution is 6.14. The van der Waals surface area contributed by atoms with E-state index in [1.165, 1.54) is 0 Å². The molecule has 6 heteroatoms. The van der Waals surface area contributed by atoms with Gasteiger partial charge in [0.15, 0.2) is 5.78 Å². The van der Waals surface area contributed by atoms with Gasteiger partial charge in [-0.1, -0.05) is 55.0 Å². The third kappa shape index (κ3) is 3.01. The van der Waals surface area contributed by atoms with Crippen molar-refractivity contribution in [3.05, 3.63) is 70.9 Å². The fraction of sp³-hybridized carbons (Fsp3) is 0.261. The van der Waals surface area contributed by atoms with Crippen molar-refractivity contribution in [3.63, 3.8) is 0 Å². The molecular weight excluding hydrogens is 366 g/mol. The highest BCUT2D eigenvalue weighted by Crippen LogP contribution is 2.30. The molecule has 0 bridgehead atoms. The Hall–Kier alpha value is -3.41. The molecule has 0 unspecified atom stereocenters. The number of benzene rings is 2. The molecule has 148 valence electrons. The molecule has 4 rings (SSSR count). The monoisotopic (exact) mass is 389 g/mol. The van der Waals surface area contributed by atoms with Gasteiger partial charge in [0.1, 0.15) is 5.54 Å². The Labute approximate surface area is 168 Å². The molecule has 29 heavy (non-hydrogen) atoms. The van der Waals surface area contributed by atoms with Crippen molar-refractivity contribution in [2.24, 2.45) is 0 Å². The van der Waals surface area contributed by atoms with E-state index >= 15 is 0 Å². The van der Waals surface area contributed by atoms with Crippen LogP contribution >= 0.6 is 0 Å². The third-order valence-corrected chi connectivity index (χ3v) is 5.69. The molecule has 6 nitrogen and oxygen atoms in total. The fourth-order valence-corrected chi connectivity index (χ4v) is 3.89. The second-order valence-corrected chi connectivity index (χ2v) is 7.63. The number of imide groups is 1. The zero-order chi connectivity index (χ0) is 20.8. The first-order valence-electron chi connectivity index (χ1n) is 9.68. The second-order valence-electron chi connectivity index (χ2n) is 7.63. The number of urea groups is 1. The number of para-hydroxylation sites is 1. The van der Waals surface area contributed by atoms with Crippen molar-refractivity contribution < 1.29 is 14.4 Å². The predicted molar refractivity (Wildman–Crippen MR) is 111 cm³/mol. The average molecular weight is 389 g/mol. The molecule has 2 aromatic carbocycles.